The van der Waals surface area contributed by atoms with Crippen molar-refractivity contribution in [3.8, 4) is 0 Å². The molecule has 2 N–H and O–H groups in total. The van der Waals surface area contributed by atoms with E-state index in [0.717, 1.165) is 23.4 Å². The highest BCUT2D eigenvalue weighted by atomic mass is 35.5. The van der Waals surface area contributed by atoms with E-state index in [1.165, 1.54) is 11.8 Å². The third-order valence-electron chi connectivity index (χ3n) is 3.94. The van der Waals surface area contributed by atoms with E-state index in [2.05, 4.69) is 0 Å². The molecule has 5 heteroatoms. The maximum Gasteiger partial charge on any atom is 0.240 e. The lowest BCUT2D eigenvalue weighted by Gasteiger charge is -2.23. The molecule has 23 heavy (non-hydrogen) atoms. The maximum absolute atomic E-state index is 13.0. The zero-order valence-electron chi connectivity index (χ0n) is 12.7. The highest BCUT2D eigenvalue weighted by Gasteiger charge is 2.31. The number of hydrogen-bond donors (Lipinski definition) is 1. The summed E-state index contributed by atoms with van der Waals surface area (Å²) in [6.45, 7) is 1.36. The monoisotopic (exact) mass is 346 g/mol. The van der Waals surface area contributed by atoms with E-state index in [1.54, 1.807) is 0 Å². The van der Waals surface area contributed by atoms with Crippen LogP contribution in [0.1, 0.15) is 17.2 Å². The number of halogens is 1. The summed E-state index contributed by atoms with van der Waals surface area (Å²) in [7, 11) is 0. The first-order valence-electron chi connectivity index (χ1n) is 7.65. The Morgan fingerprint density at radius 2 is 1.87 bits per heavy atom. The van der Waals surface area contributed by atoms with Crippen LogP contribution in [0.15, 0.2) is 59.5 Å². The molecule has 2 aromatic rings. The van der Waals surface area contributed by atoms with E-state index in [-0.39, 0.29) is 17.2 Å². The van der Waals surface area contributed by atoms with Crippen molar-refractivity contribution in [2.45, 2.75) is 22.6 Å². The number of nitrogens with zero attached hydrogens (tertiary/aromatic N) is 1. The lowest BCUT2D eigenvalue weighted by Crippen LogP contribution is -2.34. The largest absolute Gasteiger partial charge is 0.340 e. The Bertz CT molecular complexity index is 680. The van der Waals surface area contributed by atoms with Crippen LogP contribution >= 0.6 is 23.4 Å². The zero-order valence-corrected chi connectivity index (χ0v) is 14.3. The van der Waals surface area contributed by atoms with Crippen LogP contribution < -0.4 is 5.73 Å². The van der Waals surface area contributed by atoms with Crippen molar-refractivity contribution in [1.82, 2.24) is 4.90 Å². The molecule has 0 aliphatic carbocycles. The fourth-order valence-electron chi connectivity index (χ4n) is 2.71. The summed E-state index contributed by atoms with van der Waals surface area (Å²) in [6, 6.07) is 17.6. The number of amides is 1. The average Bonchev–Trinajstić information content (AvgIpc) is 3.01. The molecular formula is C18H19ClN2OS. The minimum atomic E-state index is -0.304. The van der Waals surface area contributed by atoms with E-state index in [4.69, 9.17) is 17.3 Å². The number of nitrogens with two attached hydrogens (primary N) is 1. The number of benzene rings is 2. The van der Waals surface area contributed by atoms with E-state index in [0.29, 0.717) is 11.6 Å². The fraction of sp³-hybridized carbons (Fsp3) is 0.278. The van der Waals surface area contributed by atoms with Gasteiger partial charge in [-0.25, -0.2) is 0 Å². The van der Waals surface area contributed by atoms with Gasteiger partial charge in [-0.15, -0.1) is 11.8 Å². The van der Waals surface area contributed by atoms with Gasteiger partial charge in [0.2, 0.25) is 5.91 Å². The molecule has 1 aliphatic heterocycles. The molecule has 1 aliphatic rings. The van der Waals surface area contributed by atoms with Crippen molar-refractivity contribution in [2.24, 2.45) is 5.73 Å². The van der Waals surface area contributed by atoms with Crippen molar-refractivity contribution in [2.75, 3.05) is 13.1 Å². The molecule has 3 rings (SSSR count). The second kappa shape index (κ2) is 7.39. The zero-order chi connectivity index (χ0) is 16.2. The number of likely N-dealkylation sites (tertiary alicyclic amines) is 1. The molecule has 3 nitrogen and oxygen atoms in total. The first-order valence-corrected chi connectivity index (χ1v) is 8.91. The topological polar surface area (TPSA) is 46.3 Å². The summed E-state index contributed by atoms with van der Waals surface area (Å²) in [5.41, 5.74) is 6.95. The van der Waals surface area contributed by atoms with Crippen LogP contribution in [0, 0.1) is 0 Å². The summed E-state index contributed by atoms with van der Waals surface area (Å²) in [5.74, 6) is 0.106. The Kier molecular flexibility index (Phi) is 5.26. The van der Waals surface area contributed by atoms with Gasteiger partial charge < -0.3 is 10.6 Å². The molecule has 0 spiro atoms. The van der Waals surface area contributed by atoms with Crippen LogP contribution in [0.2, 0.25) is 5.02 Å². The number of hydrogen-bond acceptors (Lipinski definition) is 3. The van der Waals surface area contributed by atoms with Gasteiger partial charge in [-0.2, -0.15) is 0 Å². The number of carbonyl (C=O) groups is 1. The molecular weight excluding hydrogens is 328 g/mol. The van der Waals surface area contributed by atoms with Crippen LogP contribution in [-0.4, -0.2) is 29.9 Å². The number of rotatable bonds is 4. The van der Waals surface area contributed by atoms with Gasteiger partial charge >= 0.3 is 0 Å². The Morgan fingerprint density at radius 1 is 1.17 bits per heavy atom. The van der Waals surface area contributed by atoms with Gasteiger partial charge in [0.05, 0.1) is 5.02 Å². The van der Waals surface area contributed by atoms with Crippen LogP contribution in [-0.2, 0) is 4.79 Å². The summed E-state index contributed by atoms with van der Waals surface area (Å²) in [4.78, 5) is 15.8. The number of carbonyl (C=O) groups excluding carboxylic acids is 1. The van der Waals surface area contributed by atoms with Crippen molar-refractivity contribution >= 4 is 29.3 Å². The summed E-state index contributed by atoms with van der Waals surface area (Å²) in [5, 5.41) is 0.366. The first-order chi connectivity index (χ1) is 11.1. The smallest absolute Gasteiger partial charge is 0.240 e. The van der Waals surface area contributed by atoms with E-state index >= 15 is 0 Å². The lowest BCUT2D eigenvalue weighted by molar-refractivity contribution is -0.129. The maximum atomic E-state index is 13.0. The molecule has 1 fully saturated rings. The fourth-order valence-corrected chi connectivity index (χ4v) is 4.11. The molecule has 0 saturated carbocycles. The average molecular weight is 347 g/mol. The van der Waals surface area contributed by atoms with Crippen LogP contribution in [0.3, 0.4) is 0 Å². The molecule has 1 amide bonds. The third-order valence-corrected chi connectivity index (χ3v) is 5.71. The summed E-state index contributed by atoms with van der Waals surface area (Å²) in [6.07, 6.45) is 0.865. The number of thioether (sulfide) groups is 1. The Hall–Kier alpha value is -1.49. The van der Waals surface area contributed by atoms with E-state index in [9.17, 15) is 4.79 Å². The predicted molar refractivity (Wildman–Crippen MR) is 95.7 cm³/mol. The second-order valence-electron chi connectivity index (χ2n) is 5.67. The molecule has 1 heterocycles. The van der Waals surface area contributed by atoms with Crippen LogP contribution in [0.4, 0.5) is 0 Å². The Morgan fingerprint density at radius 3 is 2.52 bits per heavy atom. The standard InChI is InChI=1S/C18H19ClN2OS/c19-15-8-4-5-9-16(15)23-17(13-6-2-1-3-7-13)18(22)21-11-10-14(20)12-21/h1-9,14,17H,10-12,20H2/t14-,17?/m1/s1. The van der Waals surface area contributed by atoms with Gasteiger partial charge in [-0.3, -0.25) is 4.79 Å². The van der Waals surface area contributed by atoms with E-state index in [1.807, 2.05) is 59.5 Å². The normalized spacial score (nSPS) is 18.9. The van der Waals surface area contributed by atoms with Gasteiger partial charge in [0.25, 0.3) is 0 Å². The highest BCUT2D eigenvalue weighted by Crippen LogP contribution is 2.40. The van der Waals surface area contributed by atoms with Gasteiger partial charge in [-0.1, -0.05) is 54.1 Å². The second-order valence-corrected chi connectivity index (χ2v) is 7.23. The molecule has 0 radical (unpaired) electrons. The van der Waals surface area contributed by atoms with E-state index < -0.39 is 0 Å². The van der Waals surface area contributed by atoms with Crippen molar-refractivity contribution in [3.05, 3.63) is 65.2 Å². The predicted octanol–water partition coefficient (Wildman–Crippen LogP) is 3.73. The first kappa shape index (κ1) is 16.4. The van der Waals surface area contributed by atoms with Crippen molar-refractivity contribution < 1.29 is 4.79 Å². The minimum Gasteiger partial charge on any atom is -0.340 e. The quantitative estimate of drug-likeness (QED) is 0.858. The van der Waals surface area contributed by atoms with Crippen LogP contribution in [0.25, 0.3) is 0 Å². The molecule has 1 saturated heterocycles. The van der Waals surface area contributed by atoms with Gasteiger partial charge in [0, 0.05) is 24.0 Å². The summed E-state index contributed by atoms with van der Waals surface area (Å²) >= 11 is 7.78. The lowest BCUT2D eigenvalue weighted by atomic mass is 10.1. The van der Waals surface area contributed by atoms with Gasteiger partial charge in [0.15, 0.2) is 0 Å². The van der Waals surface area contributed by atoms with Crippen molar-refractivity contribution in [3.63, 3.8) is 0 Å². The highest BCUT2D eigenvalue weighted by molar-refractivity contribution is 8.00. The minimum absolute atomic E-state index is 0.0840. The SMILES string of the molecule is N[C@@H]1CCN(C(=O)C(Sc2ccccc2Cl)c2ccccc2)C1. The van der Waals surface area contributed by atoms with Gasteiger partial charge in [-0.05, 0) is 24.1 Å². The molecule has 1 unspecified atom stereocenters. The molecule has 2 aromatic carbocycles. The molecule has 2 atom stereocenters. The van der Waals surface area contributed by atoms with Crippen LogP contribution in [0.5, 0.6) is 0 Å². The molecule has 0 aromatic heterocycles. The Labute approximate surface area is 145 Å². The Balaban J connectivity index is 1.88. The van der Waals surface area contributed by atoms with Crippen molar-refractivity contribution in [1.29, 1.82) is 0 Å². The van der Waals surface area contributed by atoms with Gasteiger partial charge in [0.1, 0.15) is 5.25 Å². The molecule has 120 valence electrons. The molecule has 0 bridgehead atoms. The summed E-state index contributed by atoms with van der Waals surface area (Å²) < 4.78 is 0. The third kappa shape index (κ3) is 3.89.